The molecule has 0 aromatic carbocycles. The van der Waals surface area contributed by atoms with Crippen molar-refractivity contribution in [2.45, 2.75) is 115 Å². The Morgan fingerprint density at radius 2 is 0.964 bits per heavy atom. The maximum atomic E-state index is 12.5. The van der Waals surface area contributed by atoms with Crippen LogP contribution in [-0.4, -0.2) is 35.7 Å². The van der Waals surface area contributed by atoms with Crippen LogP contribution in [0.2, 0.25) is 0 Å². The largest absolute Gasteiger partial charge is 0.465 e. The molecular formula is C22H42O4S2. The highest BCUT2D eigenvalue weighted by Crippen LogP contribution is 2.37. The summed E-state index contributed by atoms with van der Waals surface area (Å²) < 4.78 is 10.9. The van der Waals surface area contributed by atoms with Crippen molar-refractivity contribution in [1.82, 2.24) is 0 Å². The van der Waals surface area contributed by atoms with E-state index in [1.165, 1.54) is 21.6 Å². The summed E-state index contributed by atoms with van der Waals surface area (Å²) in [5.41, 5.74) is 0. The molecule has 28 heavy (non-hydrogen) atoms. The quantitative estimate of drug-likeness (QED) is 0.124. The third kappa shape index (κ3) is 14.6. The summed E-state index contributed by atoms with van der Waals surface area (Å²) >= 11 is 0. The number of hydrogen-bond donors (Lipinski definition) is 0. The van der Waals surface area contributed by atoms with Gasteiger partial charge in [-0.15, -0.1) is 0 Å². The number of carbonyl (C=O) groups excluding carboxylic acids is 2. The van der Waals surface area contributed by atoms with Gasteiger partial charge in [0.25, 0.3) is 0 Å². The molecule has 0 aromatic rings. The zero-order chi connectivity index (χ0) is 21.0. The van der Waals surface area contributed by atoms with Crippen LogP contribution in [0.15, 0.2) is 0 Å². The van der Waals surface area contributed by atoms with Crippen molar-refractivity contribution >= 4 is 33.5 Å². The summed E-state index contributed by atoms with van der Waals surface area (Å²) in [6, 6.07) is 0. The maximum absolute atomic E-state index is 12.5. The lowest BCUT2D eigenvalue weighted by atomic mass is 10.1. The summed E-state index contributed by atoms with van der Waals surface area (Å²) in [6.45, 7) is 9.47. The predicted molar refractivity (Wildman–Crippen MR) is 123 cm³/mol. The number of rotatable bonds is 19. The fourth-order valence-corrected chi connectivity index (χ4v) is 5.46. The van der Waals surface area contributed by atoms with Crippen molar-refractivity contribution in [3.8, 4) is 0 Å². The molecule has 0 rings (SSSR count). The molecule has 0 aliphatic carbocycles. The number of esters is 2. The molecule has 4 nitrogen and oxygen atoms in total. The van der Waals surface area contributed by atoms with Gasteiger partial charge in [-0.3, -0.25) is 9.59 Å². The van der Waals surface area contributed by atoms with Gasteiger partial charge in [-0.1, -0.05) is 101 Å². The molecule has 6 heteroatoms. The van der Waals surface area contributed by atoms with E-state index in [1.54, 1.807) is 0 Å². The average Bonchev–Trinajstić information content (AvgIpc) is 2.69. The highest BCUT2D eigenvalue weighted by atomic mass is 33.1. The Morgan fingerprint density at radius 1 is 0.607 bits per heavy atom. The molecule has 0 aliphatic rings. The number of ether oxygens (including phenoxy) is 2. The Morgan fingerprint density at radius 3 is 1.29 bits per heavy atom. The van der Waals surface area contributed by atoms with Gasteiger partial charge in [0, 0.05) is 0 Å². The van der Waals surface area contributed by atoms with Crippen molar-refractivity contribution < 1.29 is 19.1 Å². The molecule has 2 atom stereocenters. The van der Waals surface area contributed by atoms with Crippen LogP contribution in [0.5, 0.6) is 0 Å². The van der Waals surface area contributed by atoms with Gasteiger partial charge in [-0.25, -0.2) is 0 Å². The topological polar surface area (TPSA) is 52.6 Å². The normalized spacial score (nSPS) is 13.1. The molecule has 0 fully saturated rings. The van der Waals surface area contributed by atoms with Crippen molar-refractivity contribution in [2.24, 2.45) is 0 Å². The molecule has 2 unspecified atom stereocenters. The fourth-order valence-electron chi connectivity index (χ4n) is 2.52. The summed E-state index contributed by atoms with van der Waals surface area (Å²) in [5.74, 6) is -0.262. The summed E-state index contributed by atoms with van der Waals surface area (Å²) in [7, 11) is 3.03. The molecular weight excluding hydrogens is 392 g/mol. The number of unbranched alkanes of at least 4 members (excludes halogenated alkanes) is 6. The lowest BCUT2D eigenvalue weighted by Gasteiger charge is -2.19. The molecule has 0 saturated carbocycles. The standard InChI is InChI=1S/C22H42O4S2/c1-5-9-13-15-19(21(23)25-17-11-7-3)27-28-20(16-14-10-6-2)22(24)26-18-12-8-4/h19-20H,5-18H2,1-4H3. The zero-order valence-electron chi connectivity index (χ0n) is 18.5. The van der Waals surface area contributed by atoms with Crippen LogP contribution in [0.3, 0.4) is 0 Å². The van der Waals surface area contributed by atoms with Gasteiger partial charge >= 0.3 is 11.9 Å². The molecule has 0 N–H and O–H groups in total. The molecule has 0 aromatic heterocycles. The van der Waals surface area contributed by atoms with Gasteiger partial charge in [0.2, 0.25) is 0 Å². The second-order valence-corrected chi connectivity index (χ2v) is 9.88. The van der Waals surface area contributed by atoms with Gasteiger partial charge in [-0.05, 0) is 25.7 Å². The van der Waals surface area contributed by atoms with Crippen LogP contribution in [-0.2, 0) is 19.1 Å². The van der Waals surface area contributed by atoms with Crippen LogP contribution in [0.25, 0.3) is 0 Å². The monoisotopic (exact) mass is 434 g/mol. The van der Waals surface area contributed by atoms with Crippen LogP contribution in [0, 0.1) is 0 Å². The van der Waals surface area contributed by atoms with E-state index >= 15 is 0 Å². The Hall–Kier alpha value is -0.360. The number of carbonyl (C=O) groups is 2. The van der Waals surface area contributed by atoms with E-state index in [9.17, 15) is 9.59 Å². The lowest BCUT2D eigenvalue weighted by molar-refractivity contribution is -0.144. The van der Waals surface area contributed by atoms with E-state index in [2.05, 4.69) is 27.7 Å². The maximum Gasteiger partial charge on any atom is 0.319 e. The van der Waals surface area contributed by atoms with Crippen LogP contribution in [0.4, 0.5) is 0 Å². The summed E-state index contributed by atoms with van der Waals surface area (Å²) in [4.78, 5) is 25.0. The van der Waals surface area contributed by atoms with E-state index in [-0.39, 0.29) is 22.4 Å². The second kappa shape index (κ2) is 19.9. The zero-order valence-corrected chi connectivity index (χ0v) is 20.1. The molecule has 166 valence electrons. The van der Waals surface area contributed by atoms with Crippen molar-refractivity contribution in [1.29, 1.82) is 0 Å². The molecule has 0 amide bonds. The minimum absolute atomic E-state index is 0.131. The fraction of sp³-hybridized carbons (Fsp3) is 0.909. The first-order valence-electron chi connectivity index (χ1n) is 11.3. The summed E-state index contributed by atoms with van der Waals surface area (Å²) in [5, 5.41) is -0.406. The Bertz CT molecular complexity index is 355. The van der Waals surface area contributed by atoms with E-state index in [1.807, 2.05) is 0 Å². The Kier molecular flexibility index (Phi) is 19.7. The van der Waals surface area contributed by atoms with E-state index in [0.29, 0.717) is 13.2 Å². The van der Waals surface area contributed by atoms with E-state index in [4.69, 9.17) is 9.47 Å². The Labute approximate surface area is 181 Å². The van der Waals surface area contributed by atoms with Crippen molar-refractivity contribution in [3.05, 3.63) is 0 Å². The van der Waals surface area contributed by atoms with Gasteiger partial charge in [0.05, 0.1) is 13.2 Å². The lowest BCUT2D eigenvalue weighted by Crippen LogP contribution is -2.23. The SMILES string of the molecule is CCCCCC(SSC(CCCCC)C(=O)OCCCC)C(=O)OCCCC. The molecule has 0 aliphatic heterocycles. The average molecular weight is 435 g/mol. The van der Waals surface area contributed by atoms with E-state index in [0.717, 1.165) is 77.0 Å². The number of hydrogen-bond acceptors (Lipinski definition) is 6. The minimum atomic E-state index is -0.203. The van der Waals surface area contributed by atoms with Gasteiger partial charge in [0.15, 0.2) is 0 Å². The van der Waals surface area contributed by atoms with Gasteiger partial charge in [-0.2, -0.15) is 0 Å². The highest BCUT2D eigenvalue weighted by molar-refractivity contribution is 8.77. The van der Waals surface area contributed by atoms with Crippen molar-refractivity contribution in [2.75, 3.05) is 13.2 Å². The van der Waals surface area contributed by atoms with Crippen LogP contribution < -0.4 is 0 Å². The molecule has 0 radical (unpaired) electrons. The smallest absolute Gasteiger partial charge is 0.319 e. The van der Waals surface area contributed by atoms with Gasteiger partial charge in [0.1, 0.15) is 10.5 Å². The first-order chi connectivity index (χ1) is 13.6. The minimum Gasteiger partial charge on any atom is -0.465 e. The predicted octanol–water partition coefficient (Wildman–Crippen LogP) is 6.95. The molecule has 0 heterocycles. The third-order valence-electron chi connectivity index (χ3n) is 4.44. The first-order valence-corrected chi connectivity index (χ1v) is 13.5. The molecule has 0 spiro atoms. The first kappa shape index (κ1) is 27.6. The van der Waals surface area contributed by atoms with Crippen LogP contribution in [0.1, 0.15) is 105 Å². The van der Waals surface area contributed by atoms with Gasteiger partial charge < -0.3 is 9.47 Å². The molecule has 0 bridgehead atoms. The Balaban J connectivity index is 4.73. The van der Waals surface area contributed by atoms with Crippen LogP contribution >= 0.6 is 21.6 Å². The summed E-state index contributed by atoms with van der Waals surface area (Å²) in [6.07, 6.45) is 11.9. The van der Waals surface area contributed by atoms with Crippen molar-refractivity contribution in [3.63, 3.8) is 0 Å². The van der Waals surface area contributed by atoms with E-state index < -0.39 is 0 Å². The second-order valence-electron chi connectivity index (χ2n) is 7.20. The highest BCUT2D eigenvalue weighted by Gasteiger charge is 2.26. The molecule has 0 saturated heterocycles. The third-order valence-corrected chi connectivity index (χ3v) is 7.60.